The summed E-state index contributed by atoms with van der Waals surface area (Å²) >= 11 is 3.77. The van der Waals surface area contributed by atoms with Gasteiger partial charge in [0.15, 0.2) is 0 Å². The quantitative estimate of drug-likeness (QED) is 0.833. The Kier molecular flexibility index (Phi) is 3.24. The van der Waals surface area contributed by atoms with Gasteiger partial charge in [-0.1, -0.05) is 0 Å². The third-order valence-electron chi connectivity index (χ3n) is 2.17. The molecule has 1 fully saturated rings. The van der Waals surface area contributed by atoms with Crippen molar-refractivity contribution in [2.45, 2.75) is 25.9 Å². The first-order valence-electron chi connectivity index (χ1n) is 4.57. The number of thiazole rings is 1. The van der Waals surface area contributed by atoms with Crippen molar-refractivity contribution in [3.63, 3.8) is 0 Å². The summed E-state index contributed by atoms with van der Waals surface area (Å²) in [4.78, 5) is 4.42. The first-order chi connectivity index (χ1) is 6.34. The molecule has 0 bridgehead atoms. The summed E-state index contributed by atoms with van der Waals surface area (Å²) in [5, 5.41) is 6.84. The molecule has 2 rings (SSSR count). The predicted molar refractivity (Wildman–Crippen MR) is 59.4 cm³/mol. The van der Waals surface area contributed by atoms with E-state index in [4.69, 9.17) is 0 Å². The second-order valence-corrected chi connectivity index (χ2v) is 5.51. The zero-order valence-corrected chi connectivity index (χ0v) is 9.38. The molecule has 0 aromatic carbocycles. The highest BCUT2D eigenvalue weighted by Gasteiger charge is 2.14. The molecule has 0 spiro atoms. The minimum atomic E-state index is 0.715. The van der Waals surface area contributed by atoms with E-state index in [0.29, 0.717) is 6.04 Å². The Labute approximate surface area is 87.1 Å². The van der Waals surface area contributed by atoms with Gasteiger partial charge in [0, 0.05) is 23.7 Å². The van der Waals surface area contributed by atoms with Crippen LogP contribution in [0.25, 0.3) is 0 Å². The molecule has 1 saturated heterocycles. The molecule has 13 heavy (non-hydrogen) atoms. The maximum atomic E-state index is 4.42. The lowest BCUT2D eigenvalue weighted by atomic mass is 10.2. The second-order valence-electron chi connectivity index (χ2n) is 3.30. The van der Waals surface area contributed by atoms with Crippen LogP contribution in [0.15, 0.2) is 5.38 Å². The molecule has 1 aliphatic heterocycles. The van der Waals surface area contributed by atoms with E-state index in [1.165, 1.54) is 23.6 Å². The molecular formula is C9H14N2S2. The highest BCUT2D eigenvalue weighted by molar-refractivity contribution is 7.99. The Morgan fingerprint density at radius 2 is 2.62 bits per heavy atom. The number of nitrogens with one attached hydrogen (secondary N) is 1. The van der Waals surface area contributed by atoms with Crippen LogP contribution >= 0.6 is 23.1 Å². The van der Waals surface area contributed by atoms with Crippen LogP contribution in [0.2, 0.25) is 0 Å². The van der Waals surface area contributed by atoms with E-state index in [1.54, 1.807) is 11.3 Å². The number of rotatable bonds is 3. The molecule has 4 heteroatoms. The predicted octanol–water partition coefficient (Wildman–Crippen LogP) is 2.05. The third kappa shape index (κ3) is 2.69. The lowest BCUT2D eigenvalue weighted by Crippen LogP contribution is -2.28. The van der Waals surface area contributed by atoms with Crippen molar-refractivity contribution in [1.82, 2.24) is 10.3 Å². The summed E-state index contributed by atoms with van der Waals surface area (Å²) in [7, 11) is 0. The van der Waals surface area contributed by atoms with E-state index >= 15 is 0 Å². The van der Waals surface area contributed by atoms with Crippen molar-refractivity contribution in [2.75, 3.05) is 11.5 Å². The van der Waals surface area contributed by atoms with Gasteiger partial charge < -0.3 is 5.32 Å². The number of hydrogen-bond acceptors (Lipinski definition) is 4. The molecule has 72 valence electrons. The topological polar surface area (TPSA) is 24.9 Å². The van der Waals surface area contributed by atoms with E-state index in [-0.39, 0.29) is 0 Å². The van der Waals surface area contributed by atoms with Gasteiger partial charge in [-0.05, 0) is 19.1 Å². The van der Waals surface area contributed by atoms with E-state index < -0.39 is 0 Å². The second kappa shape index (κ2) is 4.44. The number of aromatic nitrogens is 1. The van der Waals surface area contributed by atoms with Crippen LogP contribution < -0.4 is 5.32 Å². The standard InChI is InChI=1S/C9H14N2S2/c1-7-11-9(6-13-7)4-10-8-2-3-12-5-8/h6,8,10H,2-5H2,1H3. The summed E-state index contributed by atoms with van der Waals surface area (Å²) in [6.45, 7) is 3.00. The molecule has 0 amide bonds. The maximum Gasteiger partial charge on any atom is 0.0897 e. The minimum Gasteiger partial charge on any atom is -0.307 e. The SMILES string of the molecule is Cc1nc(CNC2CCSC2)cs1. The summed E-state index contributed by atoms with van der Waals surface area (Å²) in [6, 6.07) is 0.715. The van der Waals surface area contributed by atoms with Crippen molar-refractivity contribution in [3.8, 4) is 0 Å². The highest BCUT2D eigenvalue weighted by Crippen LogP contribution is 2.17. The van der Waals surface area contributed by atoms with Gasteiger partial charge >= 0.3 is 0 Å². The van der Waals surface area contributed by atoms with Crippen molar-refractivity contribution >= 4 is 23.1 Å². The van der Waals surface area contributed by atoms with Gasteiger partial charge in [0.25, 0.3) is 0 Å². The fraction of sp³-hybridized carbons (Fsp3) is 0.667. The summed E-state index contributed by atoms with van der Waals surface area (Å²) < 4.78 is 0. The van der Waals surface area contributed by atoms with Crippen LogP contribution in [-0.4, -0.2) is 22.5 Å². The van der Waals surface area contributed by atoms with Crippen LogP contribution in [-0.2, 0) is 6.54 Å². The van der Waals surface area contributed by atoms with Crippen LogP contribution in [0.3, 0.4) is 0 Å². The Bertz CT molecular complexity index is 266. The number of aryl methyl sites for hydroxylation is 1. The fourth-order valence-electron chi connectivity index (χ4n) is 1.43. The zero-order valence-electron chi connectivity index (χ0n) is 7.75. The largest absolute Gasteiger partial charge is 0.307 e. The fourth-order valence-corrected chi connectivity index (χ4v) is 3.23. The van der Waals surface area contributed by atoms with Gasteiger partial charge in [-0.15, -0.1) is 11.3 Å². The molecule has 0 radical (unpaired) electrons. The zero-order chi connectivity index (χ0) is 9.10. The monoisotopic (exact) mass is 214 g/mol. The number of hydrogen-bond donors (Lipinski definition) is 1. The maximum absolute atomic E-state index is 4.42. The average molecular weight is 214 g/mol. The van der Waals surface area contributed by atoms with Crippen molar-refractivity contribution in [1.29, 1.82) is 0 Å². The average Bonchev–Trinajstić information content (AvgIpc) is 2.71. The Morgan fingerprint density at radius 3 is 3.23 bits per heavy atom. The van der Waals surface area contributed by atoms with Crippen LogP contribution in [0.5, 0.6) is 0 Å². The molecule has 1 aliphatic rings. The molecule has 0 saturated carbocycles. The Hall–Kier alpha value is -0.0600. The number of thioether (sulfide) groups is 1. The molecule has 1 aromatic rings. The summed E-state index contributed by atoms with van der Waals surface area (Å²) in [6.07, 6.45) is 1.31. The van der Waals surface area contributed by atoms with E-state index in [1.807, 2.05) is 11.8 Å². The number of nitrogens with zero attached hydrogens (tertiary/aromatic N) is 1. The molecule has 1 N–H and O–H groups in total. The van der Waals surface area contributed by atoms with Gasteiger partial charge in [0.2, 0.25) is 0 Å². The molecule has 1 aromatic heterocycles. The minimum absolute atomic E-state index is 0.715. The van der Waals surface area contributed by atoms with Crippen LogP contribution in [0.1, 0.15) is 17.1 Å². The molecule has 0 aliphatic carbocycles. The van der Waals surface area contributed by atoms with Gasteiger partial charge in [-0.2, -0.15) is 11.8 Å². The van der Waals surface area contributed by atoms with Crippen molar-refractivity contribution < 1.29 is 0 Å². The lowest BCUT2D eigenvalue weighted by Gasteiger charge is -2.08. The van der Waals surface area contributed by atoms with Crippen LogP contribution in [0.4, 0.5) is 0 Å². The molecular weight excluding hydrogens is 200 g/mol. The molecule has 2 nitrogen and oxygen atoms in total. The van der Waals surface area contributed by atoms with Crippen molar-refractivity contribution in [2.24, 2.45) is 0 Å². The van der Waals surface area contributed by atoms with Gasteiger partial charge in [0.1, 0.15) is 0 Å². The third-order valence-corrected chi connectivity index (χ3v) is 4.15. The van der Waals surface area contributed by atoms with Gasteiger partial charge in [0.05, 0.1) is 10.7 Å². The molecule has 2 heterocycles. The Balaban J connectivity index is 1.78. The van der Waals surface area contributed by atoms with E-state index in [9.17, 15) is 0 Å². The van der Waals surface area contributed by atoms with E-state index in [0.717, 1.165) is 11.6 Å². The Morgan fingerprint density at radius 1 is 1.69 bits per heavy atom. The van der Waals surface area contributed by atoms with Crippen molar-refractivity contribution in [3.05, 3.63) is 16.1 Å². The molecule has 1 unspecified atom stereocenters. The van der Waals surface area contributed by atoms with E-state index in [2.05, 4.69) is 22.6 Å². The normalized spacial score (nSPS) is 22.4. The van der Waals surface area contributed by atoms with Gasteiger partial charge in [-0.25, -0.2) is 4.98 Å². The molecule has 1 atom stereocenters. The smallest absolute Gasteiger partial charge is 0.0897 e. The first kappa shape index (κ1) is 9.49. The summed E-state index contributed by atoms with van der Waals surface area (Å²) in [5.41, 5.74) is 1.19. The van der Waals surface area contributed by atoms with Gasteiger partial charge in [-0.3, -0.25) is 0 Å². The highest BCUT2D eigenvalue weighted by atomic mass is 32.2. The summed E-state index contributed by atoms with van der Waals surface area (Å²) in [5.74, 6) is 2.58. The van der Waals surface area contributed by atoms with Crippen LogP contribution in [0, 0.1) is 6.92 Å². The first-order valence-corrected chi connectivity index (χ1v) is 6.60. The lowest BCUT2D eigenvalue weighted by molar-refractivity contribution is 0.553.